The summed E-state index contributed by atoms with van der Waals surface area (Å²) in [5.41, 5.74) is 5.24. The van der Waals surface area contributed by atoms with E-state index >= 15 is 0 Å². The zero-order chi connectivity index (χ0) is 11.3. The van der Waals surface area contributed by atoms with Gasteiger partial charge in [-0.1, -0.05) is 44.0 Å². The van der Waals surface area contributed by atoms with Gasteiger partial charge in [0.1, 0.15) is 0 Å². The first-order chi connectivity index (χ1) is 7.66. The van der Waals surface area contributed by atoms with Crippen LogP contribution in [0.1, 0.15) is 17.0 Å². The SMILES string of the molecule is [CH2]C1c2cc(Br)ccc2-c2ccc(Br)cc21. The maximum Gasteiger partial charge on any atom is 0.0178 e. The van der Waals surface area contributed by atoms with Crippen molar-refractivity contribution in [2.24, 2.45) is 0 Å². The molecule has 0 fully saturated rings. The Balaban J connectivity index is 2.30. The molecule has 16 heavy (non-hydrogen) atoms. The molecule has 0 aromatic heterocycles. The van der Waals surface area contributed by atoms with E-state index in [9.17, 15) is 0 Å². The fraction of sp³-hybridized carbons (Fsp3) is 0.0714. The second kappa shape index (κ2) is 3.71. The Labute approximate surface area is 112 Å². The molecule has 79 valence electrons. The van der Waals surface area contributed by atoms with Crippen molar-refractivity contribution in [2.75, 3.05) is 0 Å². The van der Waals surface area contributed by atoms with Gasteiger partial charge in [0.05, 0.1) is 0 Å². The number of hydrogen-bond acceptors (Lipinski definition) is 0. The van der Waals surface area contributed by atoms with Gasteiger partial charge < -0.3 is 0 Å². The molecule has 0 N–H and O–H groups in total. The summed E-state index contributed by atoms with van der Waals surface area (Å²) in [7, 11) is 0. The topological polar surface area (TPSA) is 0 Å². The van der Waals surface area contributed by atoms with Crippen molar-refractivity contribution < 1.29 is 0 Å². The highest BCUT2D eigenvalue weighted by molar-refractivity contribution is 9.10. The Morgan fingerprint density at radius 2 is 1.25 bits per heavy atom. The zero-order valence-corrected chi connectivity index (χ0v) is 11.7. The average Bonchev–Trinajstić information content (AvgIpc) is 2.53. The van der Waals surface area contributed by atoms with Crippen LogP contribution in [0, 0.1) is 6.92 Å². The van der Waals surface area contributed by atoms with Gasteiger partial charge in [0.25, 0.3) is 0 Å². The lowest BCUT2D eigenvalue weighted by Crippen LogP contribution is -1.89. The van der Waals surface area contributed by atoms with E-state index in [0.717, 1.165) is 8.95 Å². The average molecular weight is 337 g/mol. The van der Waals surface area contributed by atoms with Gasteiger partial charge in [-0.2, -0.15) is 0 Å². The summed E-state index contributed by atoms with van der Waals surface area (Å²) in [5, 5.41) is 0. The lowest BCUT2D eigenvalue weighted by molar-refractivity contribution is 1.06. The van der Waals surface area contributed by atoms with E-state index < -0.39 is 0 Å². The van der Waals surface area contributed by atoms with Crippen LogP contribution in [0.25, 0.3) is 11.1 Å². The molecule has 2 aromatic carbocycles. The molecule has 0 nitrogen and oxygen atoms in total. The number of fused-ring (bicyclic) bond motifs is 3. The molecular weight excluding hydrogens is 328 g/mol. The summed E-state index contributed by atoms with van der Waals surface area (Å²) < 4.78 is 2.23. The monoisotopic (exact) mass is 335 g/mol. The predicted octanol–water partition coefficient (Wildman–Crippen LogP) is 5.16. The first kappa shape index (κ1) is 10.5. The zero-order valence-electron chi connectivity index (χ0n) is 8.50. The van der Waals surface area contributed by atoms with E-state index in [1.807, 2.05) is 0 Å². The van der Waals surface area contributed by atoms with Crippen LogP contribution in [-0.4, -0.2) is 0 Å². The van der Waals surface area contributed by atoms with Gasteiger partial charge in [-0.05, 0) is 53.4 Å². The van der Waals surface area contributed by atoms with E-state index in [4.69, 9.17) is 0 Å². The first-order valence-corrected chi connectivity index (χ1v) is 6.68. The number of benzene rings is 2. The minimum absolute atomic E-state index is 0.236. The van der Waals surface area contributed by atoms with Crippen molar-refractivity contribution >= 4 is 31.9 Å². The van der Waals surface area contributed by atoms with E-state index in [2.05, 4.69) is 75.2 Å². The minimum atomic E-state index is 0.236. The highest BCUT2D eigenvalue weighted by Gasteiger charge is 2.25. The molecule has 0 atom stereocenters. The second-order valence-corrected chi connectivity index (χ2v) is 5.85. The summed E-state index contributed by atoms with van der Waals surface area (Å²) in [4.78, 5) is 0. The second-order valence-electron chi connectivity index (χ2n) is 4.02. The fourth-order valence-electron chi connectivity index (χ4n) is 2.30. The highest BCUT2D eigenvalue weighted by atomic mass is 79.9. The van der Waals surface area contributed by atoms with E-state index in [-0.39, 0.29) is 5.92 Å². The molecule has 3 rings (SSSR count). The Hall–Kier alpha value is -0.600. The van der Waals surface area contributed by atoms with Crippen molar-refractivity contribution in [3.05, 3.63) is 63.4 Å². The lowest BCUT2D eigenvalue weighted by Gasteiger charge is -2.06. The summed E-state index contributed by atoms with van der Waals surface area (Å²) >= 11 is 7.03. The predicted molar refractivity (Wildman–Crippen MR) is 74.5 cm³/mol. The molecule has 0 bridgehead atoms. The van der Waals surface area contributed by atoms with Crippen LogP contribution in [0.4, 0.5) is 0 Å². The molecule has 1 aliphatic carbocycles. The van der Waals surface area contributed by atoms with Gasteiger partial charge in [0.15, 0.2) is 0 Å². The van der Waals surface area contributed by atoms with Crippen LogP contribution in [-0.2, 0) is 0 Å². The van der Waals surface area contributed by atoms with Crippen molar-refractivity contribution in [2.45, 2.75) is 5.92 Å². The van der Waals surface area contributed by atoms with Gasteiger partial charge in [-0.15, -0.1) is 0 Å². The maximum absolute atomic E-state index is 4.26. The Bertz CT molecular complexity index is 521. The van der Waals surface area contributed by atoms with Crippen molar-refractivity contribution in [3.8, 4) is 11.1 Å². The third-order valence-corrected chi connectivity index (χ3v) is 4.05. The normalized spacial score (nSPS) is 13.7. The third kappa shape index (κ3) is 1.47. The molecule has 0 unspecified atom stereocenters. The van der Waals surface area contributed by atoms with Gasteiger partial charge in [0, 0.05) is 14.9 Å². The summed E-state index contributed by atoms with van der Waals surface area (Å²) in [5.74, 6) is 0.236. The first-order valence-electron chi connectivity index (χ1n) is 5.09. The Morgan fingerprint density at radius 3 is 1.69 bits per heavy atom. The molecule has 1 radical (unpaired) electrons. The number of halogens is 2. The van der Waals surface area contributed by atoms with Gasteiger partial charge in [-0.3, -0.25) is 0 Å². The van der Waals surface area contributed by atoms with Crippen LogP contribution in [0.3, 0.4) is 0 Å². The fourth-order valence-corrected chi connectivity index (χ4v) is 3.06. The third-order valence-electron chi connectivity index (χ3n) is 3.07. The van der Waals surface area contributed by atoms with Crippen LogP contribution in [0.5, 0.6) is 0 Å². The van der Waals surface area contributed by atoms with Crippen LogP contribution in [0.2, 0.25) is 0 Å². The molecule has 2 aromatic rings. The number of hydrogen-bond donors (Lipinski definition) is 0. The van der Waals surface area contributed by atoms with Crippen LogP contribution >= 0.6 is 31.9 Å². The maximum atomic E-state index is 4.26. The summed E-state index contributed by atoms with van der Waals surface area (Å²) in [6.07, 6.45) is 0. The van der Waals surface area contributed by atoms with Gasteiger partial charge in [0.2, 0.25) is 0 Å². The van der Waals surface area contributed by atoms with Crippen LogP contribution < -0.4 is 0 Å². The van der Waals surface area contributed by atoms with E-state index in [1.54, 1.807) is 0 Å². The van der Waals surface area contributed by atoms with E-state index in [1.165, 1.54) is 22.3 Å². The molecule has 0 heterocycles. The highest BCUT2D eigenvalue weighted by Crippen LogP contribution is 2.45. The minimum Gasteiger partial charge on any atom is -0.0530 e. The molecule has 0 saturated carbocycles. The molecule has 0 saturated heterocycles. The van der Waals surface area contributed by atoms with Crippen molar-refractivity contribution in [1.82, 2.24) is 0 Å². The van der Waals surface area contributed by atoms with Crippen molar-refractivity contribution in [1.29, 1.82) is 0 Å². The Kier molecular flexibility index (Phi) is 2.45. The molecule has 0 amide bonds. The lowest BCUT2D eigenvalue weighted by atomic mass is 10.00. The quantitative estimate of drug-likeness (QED) is 0.623. The van der Waals surface area contributed by atoms with Gasteiger partial charge in [-0.25, -0.2) is 0 Å². The summed E-state index contributed by atoms with van der Waals surface area (Å²) in [6.45, 7) is 4.26. The number of rotatable bonds is 0. The molecule has 1 aliphatic rings. The molecule has 0 aliphatic heterocycles. The summed E-state index contributed by atoms with van der Waals surface area (Å²) in [6, 6.07) is 12.8. The molecule has 2 heteroatoms. The van der Waals surface area contributed by atoms with Gasteiger partial charge >= 0.3 is 0 Å². The Morgan fingerprint density at radius 1 is 0.812 bits per heavy atom. The molecule has 0 spiro atoms. The smallest absolute Gasteiger partial charge is 0.0178 e. The van der Waals surface area contributed by atoms with E-state index in [0.29, 0.717) is 0 Å². The molecular formula is C14H9Br2. The van der Waals surface area contributed by atoms with Crippen molar-refractivity contribution in [3.63, 3.8) is 0 Å². The largest absolute Gasteiger partial charge is 0.0530 e. The van der Waals surface area contributed by atoms with Crippen LogP contribution in [0.15, 0.2) is 45.3 Å². The standard InChI is InChI=1S/C14H9Br2/c1-8-13-6-9(15)2-4-11(13)12-5-3-10(16)7-14(8)12/h2-8H,1H2.